The Hall–Kier alpha value is -1.76. The molecular weight excluding hydrogens is 263 g/mol. The number of carbonyl (C=O) groups is 1. The van der Waals surface area contributed by atoms with E-state index in [0.29, 0.717) is 0 Å². The van der Waals surface area contributed by atoms with E-state index in [0.717, 1.165) is 12.1 Å². The van der Waals surface area contributed by atoms with E-state index in [1.165, 1.54) is 19.1 Å². The van der Waals surface area contributed by atoms with Crippen molar-refractivity contribution in [3.8, 4) is 0 Å². The molecule has 0 heterocycles. The highest BCUT2D eigenvalue weighted by atomic mass is 19.4. The first-order chi connectivity index (χ1) is 8.70. The summed E-state index contributed by atoms with van der Waals surface area (Å²) in [5, 5.41) is 9.84. The second-order valence-corrected chi connectivity index (χ2v) is 3.96. The second-order valence-electron chi connectivity index (χ2n) is 3.96. The van der Waals surface area contributed by atoms with E-state index in [-0.39, 0.29) is 12.3 Å². The number of hydrogen-bond donors (Lipinski definition) is 2. The lowest BCUT2D eigenvalue weighted by atomic mass is 9.89. The number of nitrogen functional groups attached to an aromatic ring is 1. The summed E-state index contributed by atoms with van der Waals surface area (Å²) >= 11 is 0. The molecule has 3 N–H and O–H groups in total. The number of aliphatic hydroxyl groups is 1. The first kappa shape index (κ1) is 15.3. The lowest BCUT2D eigenvalue weighted by molar-refractivity contribution is -0.269. The Balaban J connectivity index is 3.13. The van der Waals surface area contributed by atoms with Crippen LogP contribution in [0.2, 0.25) is 0 Å². The summed E-state index contributed by atoms with van der Waals surface area (Å²) in [6.07, 6.45) is -6.20. The average molecular weight is 277 g/mol. The third-order valence-electron chi connectivity index (χ3n) is 2.56. The van der Waals surface area contributed by atoms with E-state index < -0.39 is 29.7 Å². The van der Waals surface area contributed by atoms with E-state index in [2.05, 4.69) is 4.74 Å². The molecule has 1 aromatic rings. The van der Waals surface area contributed by atoms with Crippen LogP contribution in [-0.2, 0) is 15.1 Å². The molecule has 0 aliphatic heterocycles. The molecule has 1 rings (SSSR count). The molecule has 0 spiro atoms. The van der Waals surface area contributed by atoms with Gasteiger partial charge in [0.05, 0.1) is 13.0 Å². The molecule has 0 aliphatic rings. The van der Waals surface area contributed by atoms with Gasteiger partial charge in [-0.2, -0.15) is 13.2 Å². The lowest BCUT2D eigenvalue weighted by Gasteiger charge is -2.30. The van der Waals surface area contributed by atoms with Gasteiger partial charge in [-0.05, 0) is 24.6 Å². The van der Waals surface area contributed by atoms with Crippen molar-refractivity contribution in [2.75, 3.05) is 12.3 Å². The minimum absolute atomic E-state index is 0.0610. The molecule has 19 heavy (non-hydrogen) atoms. The van der Waals surface area contributed by atoms with Gasteiger partial charge < -0.3 is 15.6 Å². The highest BCUT2D eigenvalue weighted by Crippen LogP contribution is 2.41. The van der Waals surface area contributed by atoms with Gasteiger partial charge in [0.1, 0.15) is 0 Å². The maximum atomic E-state index is 13.0. The summed E-state index contributed by atoms with van der Waals surface area (Å²) in [4.78, 5) is 11.2. The number of anilines is 1. The smallest absolute Gasteiger partial charge is 0.422 e. The summed E-state index contributed by atoms with van der Waals surface area (Å²) in [6, 6.07) is 4.50. The van der Waals surface area contributed by atoms with Crippen LogP contribution in [0.1, 0.15) is 18.9 Å². The monoisotopic (exact) mass is 277 g/mol. The number of nitrogens with two attached hydrogens (primary N) is 1. The number of ether oxygens (including phenoxy) is 1. The predicted molar refractivity (Wildman–Crippen MR) is 62.1 cm³/mol. The van der Waals surface area contributed by atoms with E-state index in [1.807, 2.05) is 0 Å². The van der Waals surface area contributed by atoms with Crippen LogP contribution < -0.4 is 5.73 Å². The number of alkyl halides is 3. The highest BCUT2D eigenvalue weighted by molar-refractivity contribution is 5.71. The standard InChI is InChI=1S/C12H14F3NO3/c1-2-19-10(17)7-11(18,12(13,14)15)8-3-5-9(16)6-4-8/h3-6,18H,2,7,16H2,1H3. The van der Waals surface area contributed by atoms with Crippen LogP contribution in [0.25, 0.3) is 0 Å². The molecule has 0 aromatic heterocycles. The van der Waals surface area contributed by atoms with Gasteiger partial charge in [-0.15, -0.1) is 0 Å². The van der Waals surface area contributed by atoms with Gasteiger partial charge in [0.15, 0.2) is 5.60 Å². The van der Waals surface area contributed by atoms with Gasteiger partial charge in [0.25, 0.3) is 0 Å². The molecule has 0 saturated heterocycles. The molecular formula is C12H14F3NO3. The van der Waals surface area contributed by atoms with Crippen LogP contribution in [0.3, 0.4) is 0 Å². The fourth-order valence-electron chi connectivity index (χ4n) is 1.55. The van der Waals surface area contributed by atoms with E-state index in [9.17, 15) is 23.1 Å². The van der Waals surface area contributed by atoms with Crippen molar-refractivity contribution in [2.24, 2.45) is 0 Å². The Labute approximate surface area is 108 Å². The lowest BCUT2D eigenvalue weighted by Crippen LogP contribution is -2.44. The van der Waals surface area contributed by atoms with Gasteiger partial charge in [0, 0.05) is 5.69 Å². The van der Waals surface area contributed by atoms with Crippen LogP contribution in [-0.4, -0.2) is 23.9 Å². The van der Waals surface area contributed by atoms with Crippen molar-refractivity contribution in [1.82, 2.24) is 0 Å². The molecule has 0 aliphatic carbocycles. The largest absolute Gasteiger partial charge is 0.466 e. The predicted octanol–water partition coefficient (Wildman–Crippen LogP) is 1.97. The highest BCUT2D eigenvalue weighted by Gasteiger charge is 2.56. The van der Waals surface area contributed by atoms with Crippen molar-refractivity contribution in [2.45, 2.75) is 25.1 Å². The van der Waals surface area contributed by atoms with Gasteiger partial charge >= 0.3 is 12.1 Å². The molecule has 0 saturated carbocycles. The number of benzene rings is 1. The number of esters is 1. The molecule has 7 heteroatoms. The molecule has 106 valence electrons. The molecule has 0 amide bonds. The minimum Gasteiger partial charge on any atom is -0.466 e. The van der Waals surface area contributed by atoms with Crippen LogP contribution in [0.4, 0.5) is 18.9 Å². The Kier molecular flexibility index (Phi) is 4.41. The van der Waals surface area contributed by atoms with Crippen LogP contribution in [0.5, 0.6) is 0 Å². The quantitative estimate of drug-likeness (QED) is 0.652. The zero-order valence-electron chi connectivity index (χ0n) is 10.2. The number of halogens is 3. The van der Waals surface area contributed by atoms with E-state index in [4.69, 9.17) is 5.73 Å². The van der Waals surface area contributed by atoms with Crippen molar-refractivity contribution in [3.63, 3.8) is 0 Å². The maximum Gasteiger partial charge on any atom is 0.422 e. The van der Waals surface area contributed by atoms with Crippen molar-refractivity contribution in [1.29, 1.82) is 0 Å². The van der Waals surface area contributed by atoms with Gasteiger partial charge in [-0.1, -0.05) is 12.1 Å². The third-order valence-corrected chi connectivity index (χ3v) is 2.56. The Morgan fingerprint density at radius 1 is 1.32 bits per heavy atom. The fourth-order valence-corrected chi connectivity index (χ4v) is 1.55. The van der Waals surface area contributed by atoms with Crippen LogP contribution in [0.15, 0.2) is 24.3 Å². The van der Waals surface area contributed by atoms with Gasteiger partial charge in [-0.25, -0.2) is 0 Å². The van der Waals surface area contributed by atoms with Crippen molar-refractivity contribution in [3.05, 3.63) is 29.8 Å². The Morgan fingerprint density at radius 3 is 2.26 bits per heavy atom. The normalized spacial score (nSPS) is 14.8. The number of carbonyl (C=O) groups excluding carboxylic acids is 1. The van der Waals surface area contributed by atoms with E-state index in [1.54, 1.807) is 0 Å². The Bertz CT molecular complexity index is 445. The minimum atomic E-state index is -5.00. The van der Waals surface area contributed by atoms with E-state index >= 15 is 0 Å². The number of rotatable bonds is 4. The summed E-state index contributed by atoms with van der Waals surface area (Å²) in [6.45, 7) is 1.41. The maximum absolute atomic E-state index is 13.0. The summed E-state index contributed by atoms with van der Waals surface area (Å²) in [5.41, 5.74) is 1.89. The van der Waals surface area contributed by atoms with Crippen molar-refractivity contribution < 1.29 is 27.8 Å². The third kappa shape index (κ3) is 3.37. The topological polar surface area (TPSA) is 72.5 Å². The SMILES string of the molecule is CCOC(=O)CC(O)(c1ccc(N)cc1)C(F)(F)F. The number of hydrogen-bond acceptors (Lipinski definition) is 4. The average Bonchev–Trinajstić information content (AvgIpc) is 2.28. The fraction of sp³-hybridized carbons (Fsp3) is 0.417. The summed E-state index contributed by atoms with van der Waals surface area (Å²) in [7, 11) is 0. The van der Waals surface area contributed by atoms with Crippen LogP contribution in [0, 0.1) is 0 Å². The van der Waals surface area contributed by atoms with Gasteiger partial charge in [-0.3, -0.25) is 4.79 Å². The second kappa shape index (κ2) is 5.48. The molecule has 1 atom stereocenters. The summed E-state index contributed by atoms with van der Waals surface area (Å²) in [5.74, 6) is -1.13. The van der Waals surface area contributed by atoms with Crippen LogP contribution >= 0.6 is 0 Å². The van der Waals surface area contributed by atoms with Crippen molar-refractivity contribution >= 4 is 11.7 Å². The molecule has 4 nitrogen and oxygen atoms in total. The first-order valence-electron chi connectivity index (χ1n) is 5.51. The Morgan fingerprint density at radius 2 is 1.84 bits per heavy atom. The first-order valence-corrected chi connectivity index (χ1v) is 5.51. The van der Waals surface area contributed by atoms with Gasteiger partial charge in [0.2, 0.25) is 0 Å². The zero-order valence-corrected chi connectivity index (χ0v) is 10.2. The molecule has 1 unspecified atom stereocenters. The summed E-state index contributed by atoms with van der Waals surface area (Å²) < 4.78 is 43.5. The molecule has 0 radical (unpaired) electrons. The molecule has 0 fully saturated rings. The molecule has 0 bridgehead atoms. The zero-order chi connectivity index (χ0) is 14.7. The molecule has 1 aromatic carbocycles.